The number of amides is 1. The molecule has 1 aliphatic heterocycles. The summed E-state index contributed by atoms with van der Waals surface area (Å²) in [6.45, 7) is 4.39. The minimum Gasteiger partial charge on any atom is -0.496 e. The van der Waals surface area contributed by atoms with Crippen molar-refractivity contribution in [2.75, 3.05) is 20.2 Å². The van der Waals surface area contributed by atoms with E-state index in [1.54, 1.807) is 7.11 Å². The second kappa shape index (κ2) is 6.95. The smallest absolute Gasteiger partial charge is 0.222 e. The van der Waals surface area contributed by atoms with Crippen molar-refractivity contribution >= 4 is 17.5 Å². The van der Waals surface area contributed by atoms with E-state index in [1.807, 2.05) is 23.1 Å². The van der Waals surface area contributed by atoms with Gasteiger partial charge in [0.1, 0.15) is 5.75 Å². The summed E-state index contributed by atoms with van der Waals surface area (Å²) in [6.07, 6.45) is 1.67. The van der Waals surface area contributed by atoms with Crippen molar-refractivity contribution in [3.05, 3.63) is 28.8 Å². The van der Waals surface area contributed by atoms with Crippen molar-refractivity contribution in [2.24, 2.45) is 0 Å². The number of hydrogen-bond acceptors (Lipinski definition) is 3. The minimum absolute atomic E-state index is 0.237. The average molecular weight is 297 g/mol. The van der Waals surface area contributed by atoms with Crippen LogP contribution < -0.4 is 10.1 Å². The third-order valence-electron chi connectivity index (χ3n) is 3.55. The number of ether oxygens (including phenoxy) is 1. The molecule has 0 saturated carbocycles. The number of rotatable bonds is 6. The highest BCUT2D eigenvalue weighted by Gasteiger charge is 2.21. The number of nitrogens with one attached hydrogen (secondary N) is 1. The summed E-state index contributed by atoms with van der Waals surface area (Å²) in [5, 5.41) is 4.11. The number of likely N-dealkylation sites (tertiary alicyclic amines) is 1. The number of carbonyl (C=O) groups is 1. The molecule has 1 amide bonds. The van der Waals surface area contributed by atoms with Crippen LogP contribution in [-0.2, 0) is 11.3 Å². The first-order valence-corrected chi connectivity index (χ1v) is 7.31. The topological polar surface area (TPSA) is 41.6 Å². The Kier molecular flexibility index (Phi) is 5.26. The Balaban J connectivity index is 1.88. The van der Waals surface area contributed by atoms with E-state index in [1.165, 1.54) is 0 Å². The highest BCUT2D eigenvalue weighted by atomic mass is 35.5. The summed E-state index contributed by atoms with van der Waals surface area (Å²) in [4.78, 5) is 13.5. The maximum atomic E-state index is 11.6. The lowest BCUT2D eigenvalue weighted by molar-refractivity contribution is -0.127. The molecular weight excluding hydrogens is 276 g/mol. The van der Waals surface area contributed by atoms with E-state index < -0.39 is 0 Å². The van der Waals surface area contributed by atoms with Gasteiger partial charge >= 0.3 is 0 Å². The van der Waals surface area contributed by atoms with Crippen molar-refractivity contribution in [1.29, 1.82) is 0 Å². The van der Waals surface area contributed by atoms with Crippen LogP contribution in [0.4, 0.5) is 0 Å². The molecular formula is C15H21ClN2O2. The number of benzene rings is 1. The van der Waals surface area contributed by atoms with Gasteiger partial charge in [-0.1, -0.05) is 11.6 Å². The van der Waals surface area contributed by atoms with Gasteiger partial charge in [-0.05, 0) is 31.5 Å². The van der Waals surface area contributed by atoms with Gasteiger partial charge in [-0.2, -0.15) is 0 Å². The number of methoxy groups -OCH3 is 1. The molecule has 1 fully saturated rings. The average Bonchev–Trinajstić information content (AvgIpc) is 2.82. The largest absolute Gasteiger partial charge is 0.496 e. The molecule has 0 aliphatic carbocycles. The molecule has 110 valence electrons. The molecule has 0 aromatic heterocycles. The Labute approximate surface area is 125 Å². The Hall–Kier alpha value is -1.26. The first kappa shape index (κ1) is 15.1. The van der Waals surface area contributed by atoms with Gasteiger partial charge < -0.3 is 15.0 Å². The zero-order valence-electron chi connectivity index (χ0n) is 12.0. The fourth-order valence-corrected chi connectivity index (χ4v) is 2.66. The Morgan fingerprint density at radius 1 is 1.50 bits per heavy atom. The predicted octanol–water partition coefficient (Wildman–Crippen LogP) is 2.45. The van der Waals surface area contributed by atoms with Crippen molar-refractivity contribution in [2.45, 2.75) is 32.4 Å². The predicted molar refractivity (Wildman–Crippen MR) is 80.1 cm³/mol. The molecule has 1 aliphatic rings. The van der Waals surface area contributed by atoms with E-state index >= 15 is 0 Å². The lowest BCUT2D eigenvalue weighted by Crippen LogP contribution is -2.39. The number of carbonyl (C=O) groups excluding carboxylic acids is 1. The molecule has 1 atom stereocenters. The highest BCUT2D eigenvalue weighted by Crippen LogP contribution is 2.22. The highest BCUT2D eigenvalue weighted by molar-refractivity contribution is 6.30. The quantitative estimate of drug-likeness (QED) is 0.877. The summed E-state index contributed by atoms with van der Waals surface area (Å²) in [5.74, 6) is 1.09. The van der Waals surface area contributed by atoms with Gasteiger partial charge in [0, 0.05) is 42.7 Å². The van der Waals surface area contributed by atoms with E-state index in [9.17, 15) is 4.79 Å². The van der Waals surface area contributed by atoms with Crippen LogP contribution in [0.25, 0.3) is 0 Å². The lowest BCUT2D eigenvalue weighted by atomic mass is 10.2. The number of halogens is 1. The Bertz CT molecular complexity index is 479. The molecule has 1 aromatic carbocycles. The first-order valence-electron chi connectivity index (χ1n) is 6.93. The number of hydrogen-bond donors (Lipinski definition) is 1. The maximum absolute atomic E-state index is 11.6. The molecule has 4 nitrogen and oxygen atoms in total. The first-order chi connectivity index (χ1) is 9.60. The fourth-order valence-electron chi connectivity index (χ4n) is 2.46. The second-order valence-electron chi connectivity index (χ2n) is 5.18. The molecule has 1 saturated heterocycles. The van der Waals surface area contributed by atoms with E-state index in [0.717, 1.165) is 30.8 Å². The molecule has 0 bridgehead atoms. The lowest BCUT2D eigenvalue weighted by Gasteiger charge is -2.22. The van der Waals surface area contributed by atoms with Crippen LogP contribution in [0.1, 0.15) is 25.3 Å². The van der Waals surface area contributed by atoms with Crippen LogP contribution in [0.5, 0.6) is 5.75 Å². The molecule has 1 heterocycles. The Morgan fingerprint density at radius 2 is 2.30 bits per heavy atom. The molecule has 2 rings (SSSR count). The Morgan fingerprint density at radius 3 is 2.95 bits per heavy atom. The van der Waals surface area contributed by atoms with Gasteiger partial charge in [-0.25, -0.2) is 0 Å². The maximum Gasteiger partial charge on any atom is 0.222 e. The molecule has 1 N–H and O–H groups in total. The van der Waals surface area contributed by atoms with Crippen LogP contribution in [0.3, 0.4) is 0 Å². The van der Waals surface area contributed by atoms with Gasteiger partial charge in [-0.3, -0.25) is 4.79 Å². The van der Waals surface area contributed by atoms with Gasteiger partial charge in [0.05, 0.1) is 7.11 Å². The van der Waals surface area contributed by atoms with Crippen LogP contribution in [0.15, 0.2) is 18.2 Å². The van der Waals surface area contributed by atoms with E-state index in [-0.39, 0.29) is 11.9 Å². The van der Waals surface area contributed by atoms with E-state index in [2.05, 4.69) is 12.2 Å². The number of nitrogens with zero attached hydrogens (tertiary/aromatic N) is 1. The van der Waals surface area contributed by atoms with E-state index in [0.29, 0.717) is 18.0 Å². The van der Waals surface area contributed by atoms with Crippen molar-refractivity contribution < 1.29 is 9.53 Å². The standard InChI is InChI=1S/C15H21ClN2O2/c1-11(10-18-7-3-4-15(18)19)17-9-12-8-13(16)5-6-14(12)20-2/h5-6,8,11,17H,3-4,7,9-10H2,1-2H3. The third kappa shape index (κ3) is 3.87. The van der Waals surface area contributed by atoms with Crippen molar-refractivity contribution in [3.63, 3.8) is 0 Å². The molecule has 1 unspecified atom stereocenters. The summed E-state index contributed by atoms with van der Waals surface area (Å²) < 4.78 is 5.32. The summed E-state index contributed by atoms with van der Waals surface area (Å²) >= 11 is 6.01. The summed E-state index contributed by atoms with van der Waals surface area (Å²) in [7, 11) is 1.65. The zero-order valence-corrected chi connectivity index (χ0v) is 12.7. The fraction of sp³-hybridized carbons (Fsp3) is 0.533. The molecule has 0 radical (unpaired) electrons. The monoisotopic (exact) mass is 296 g/mol. The van der Waals surface area contributed by atoms with Crippen LogP contribution >= 0.6 is 11.6 Å². The van der Waals surface area contributed by atoms with Gasteiger partial charge in [0.15, 0.2) is 0 Å². The van der Waals surface area contributed by atoms with Crippen molar-refractivity contribution in [3.8, 4) is 5.75 Å². The SMILES string of the molecule is COc1ccc(Cl)cc1CNC(C)CN1CCCC1=O. The third-order valence-corrected chi connectivity index (χ3v) is 3.78. The minimum atomic E-state index is 0.237. The molecule has 5 heteroatoms. The molecule has 20 heavy (non-hydrogen) atoms. The molecule has 1 aromatic rings. The van der Waals surface area contributed by atoms with E-state index in [4.69, 9.17) is 16.3 Å². The van der Waals surface area contributed by atoms with Crippen LogP contribution in [0.2, 0.25) is 5.02 Å². The zero-order chi connectivity index (χ0) is 14.5. The summed E-state index contributed by atoms with van der Waals surface area (Å²) in [5.41, 5.74) is 1.03. The van der Waals surface area contributed by atoms with Gasteiger partial charge in [0.2, 0.25) is 5.91 Å². The van der Waals surface area contributed by atoms with Crippen molar-refractivity contribution in [1.82, 2.24) is 10.2 Å². The van der Waals surface area contributed by atoms with Crippen LogP contribution in [0, 0.1) is 0 Å². The summed E-state index contributed by atoms with van der Waals surface area (Å²) in [6, 6.07) is 5.83. The van der Waals surface area contributed by atoms with Crippen LogP contribution in [-0.4, -0.2) is 37.0 Å². The normalized spacial score (nSPS) is 16.6. The van der Waals surface area contributed by atoms with Gasteiger partial charge in [-0.15, -0.1) is 0 Å². The molecule has 0 spiro atoms. The second-order valence-corrected chi connectivity index (χ2v) is 5.62. The van der Waals surface area contributed by atoms with Gasteiger partial charge in [0.25, 0.3) is 0 Å².